The second-order valence-electron chi connectivity index (χ2n) is 10.4. The summed E-state index contributed by atoms with van der Waals surface area (Å²) in [5.41, 5.74) is 0.783. The van der Waals surface area contributed by atoms with Crippen molar-refractivity contribution in [1.82, 2.24) is 5.09 Å². The predicted octanol–water partition coefficient (Wildman–Crippen LogP) is 7.49. The number of rotatable bonds is 15. The highest BCUT2D eigenvalue weighted by atomic mass is 31.2. The number of hydrogen-bond acceptors (Lipinski definition) is 8. The number of benzene rings is 2. The van der Waals surface area contributed by atoms with Crippen LogP contribution < -0.4 is 9.61 Å². The molecule has 0 aromatic heterocycles. The summed E-state index contributed by atoms with van der Waals surface area (Å²) < 4.78 is 30.4. The van der Waals surface area contributed by atoms with Crippen LogP contribution in [0.4, 0.5) is 4.79 Å². The van der Waals surface area contributed by atoms with Gasteiger partial charge in [0.05, 0.1) is 18.3 Å². The Bertz CT molecular complexity index is 1380. The van der Waals surface area contributed by atoms with Gasteiger partial charge in [-0.2, -0.15) is 0 Å². The number of carbonyl (C=O) groups is 3. The van der Waals surface area contributed by atoms with Gasteiger partial charge in [-0.05, 0) is 77.1 Å². The number of unbranched alkanes of at least 4 members (excludes halogenated alkanes) is 2. The molecule has 0 saturated heterocycles. The van der Waals surface area contributed by atoms with Gasteiger partial charge in [0.2, 0.25) is 0 Å². The summed E-state index contributed by atoms with van der Waals surface area (Å²) in [6, 6.07) is 5.36. The average Bonchev–Trinajstić information content (AvgIpc) is 2.88. The molecule has 230 valence electrons. The van der Waals surface area contributed by atoms with Crippen LogP contribution in [0.15, 0.2) is 30.8 Å². The summed E-state index contributed by atoms with van der Waals surface area (Å²) in [4.78, 5) is 38.5. The van der Waals surface area contributed by atoms with E-state index in [2.05, 4.69) is 11.7 Å². The van der Waals surface area contributed by atoms with E-state index in [4.69, 9.17) is 14.0 Å². The molecule has 0 saturated carbocycles. The van der Waals surface area contributed by atoms with Crippen LogP contribution in [0.5, 0.6) is 11.5 Å². The Morgan fingerprint density at radius 1 is 1.10 bits per heavy atom. The number of carboxylic acids is 1. The number of phenols is 1. The molecular formula is C31H42NO9P. The fourth-order valence-corrected chi connectivity index (χ4v) is 5.96. The summed E-state index contributed by atoms with van der Waals surface area (Å²) in [5.74, 6) is -3.05. The number of esters is 1. The van der Waals surface area contributed by atoms with Gasteiger partial charge < -0.3 is 24.2 Å². The lowest BCUT2D eigenvalue weighted by atomic mass is 9.89. The molecule has 2 unspecified atom stereocenters. The number of nitrogens with one attached hydrogen (secondary N) is 1. The molecule has 0 bridgehead atoms. The summed E-state index contributed by atoms with van der Waals surface area (Å²) in [6.45, 7) is 15.5. The summed E-state index contributed by atoms with van der Waals surface area (Å²) in [5, 5.41) is 24.2. The highest BCUT2D eigenvalue weighted by Gasteiger charge is 2.43. The van der Waals surface area contributed by atoms with Crippen LogP contribution in [0.2, 0.25) is 0 Å². The minimum atomic E-state index is -4.85. The minimum Gasteiger partial charge on any atom is -0.507 e. The highest BCUT2D eigenvalue weighted by Crippen LogP contribution is 2.53. The van der Waals surface area contributed by atoms with E-state index in [9.17, 15) is 29.2 Å². The molecule has 2 atom stereocenters. The number of ether oxygens (including phenoxy) is 2. The molecule has 2 aromatic carbocycles. The van der Waals surface area contributed by atoms with E-state index in [1.807, 2.05) is 19.9 Å². The second kappa shape index (κ2) is 15.0. The van der Waals surface area contributed by atoms with Gasteiger partial charge in [0.25, 0.3) is 0 Å². The largest absolute Gasteiger partial charge is 0.507 e. The van der Waals surface area contributed by atoms with Gasteiger partial charge in [-0.15, -0.1) is 0 Å². The molecule has 10 nitrogen and oxygen atoms in total. The molecule has 0 aliphatic rings. The Balaban J connectivity index is 2.95. The quantitative estimate of drug-likeness (QED) is 0.106. The first-order valence-corrected chi connectivity index (χ1v) is 15.6. The number of carboxylic acid groups (broad SMARTS) is 1. The van der Waals surface area contributed by atoms with Gasteiger partial charge in [-0.1, -0.05) is 55.7 Å². The second-order valence-corrected chi connectivity index (χ2v) is 12.3. The van der Waals surface area contributed by atoms with Crippen LogP contribution in [0, 0.1) is 6.92 Å². The average molecular weight is 604 g/mol. The molecule has 2 aromatic rings. The number of allylic oxidation sites excluding steroid dienone is 1. The molecule has 0 heterocycles. The first-order valence-electron chi connectivity index (χ1n) is 14.0. The van der Waals surface area contributed by atoms with Crippen molar-refractivity contribution in [2.75, 3.05) is 6.61 Å². The maximum atomic E-state index is 14.3. The number of aryl methyl sites for hydroxylation is 2. The van der Waals surface area contributed by atoms with Gasteiger partial charge >= 0.3 is 25.2 Å². The lowest BCUT2D eigenvalue weighted by molar-refractivity contribution is -0.149. The van der Waals surface area contributed by atoms with E-state index in [-0.39, 0.29) is 35.5 Å². The van der Waals surface area contributed by atoms with Crippen molar-refractivity contribution in [2.24, 2.45) is 0 Å². The van der Waals surface area contributed by atoms with Gasteiger partial charge in [0, 0.05) is 0 Å². The summed E-state index contributed by atoms with van der Waals surface area (Å²) in [7, 11) is -4.85. The third-order valence-corrected chi connectivity index (χ3v) is 8.08. The van der Waals surface area contributed by atoms with Crippen LogP contribution in [-0.2, 0) is 25.3 Å². The fourth-order valence-electron chi connectivity index (χ4n) is 4.38. The SMILES string of the molecule is C=C(C)c1ccc(C)cc1-c1c(O)cc(CCCCC)c(C(=O)O)c1OP(=O)(NC(C)C(=O)OC(C)C)C(=O)OCC. The van der Waals surface area contributed by atoms with Crippen molar-refractivity contribution in [3.05, 3.63) is 53.1 Å². The number of hydrogen-bond donors (Lipinski definition) is 3. The van der Waals surface area contributed by atoms with E-state index in [1.165, 1.54) is 19.9 Å². The summed E-state index contributed by atoms with van der Waals surface area (Å²) in [6.07, 6.45) is 2.06. The van der Waals surface area contributed by atoms with Gasteiger partial charge in [-0.3, -0.25) is 4.79 Å². The molecule has 11 heteroatoms. The molecule has 0 spiro atoms. The summed E-state index contributed by atoms with van der Waals surface area (Å²) >= 11 is 0. The molecule has 2 rings (SSSR count). The molecule has 3 N–H and O–H groups in total. The molecule has 0 amide bonds. The Morgan fingerprint density at radius 2 is 1.76 bits per heavy atom. The zero-order chi connectivity index (χ0) is 31.8. The zero-order valence-corrected chi connectivity index (χ0v) is 26.3. The lowest BCUT2D eigenvalue weighted by Crippen LogP contribution is -2.37. The van der Waals surface area contributed by atoms with E-state index in [1.54, 1.807) is 32.9 Å². The van der Waals surface area contributed by atoms with Crippen molar-refractivity contribution in [3.63, 3.8) is 0 Å². The Hall–Kier alpha value is -3.62. The molecular weight excluding hydrogens is 561 g/mol. The smallest absolute Gasteiger partial charge is 0.424 e. The first kappa shape index (κ1) is 34.6. The molecule has 0 radical (unpaired) electrons. The Kier molecular flexibility index (Phi) is 12.4. The van der Waals surface area contributed by atoms with Crippen molar-refractivity contribution in [1.29, 1.82) is 0 Å². The van der Waals surface area contributed by atoms with E-state index < -0.39 is 43.1 Å². The lowest BCUT2D eigenvalue weighted by Gasteiger charge is -2.26. The van der Waals surface area contributed by atoms with Crippen molar-refractivity contribution < 1.29 is 43.2 Å². The Morgan fingerprint density at radius 3 is 2.31 bits per heavy atom. The van der Waals surface area contributed by atoms with Crippen LogP contribution in [-0.4, -0.2) is 46.6 Å². The topological polar surface area (TPSA) is 148 Å². The first-order chi connectivity index (χ1) is 19.7. The highest BCUT2D eigenvalue weighted by molar-refractivity contribution is 7.74. The third-order valence-electron chi connectivity index (χ3n) is 6.31. The molecule has 0 fully saturated rings. The maximum Gasteiger partial charge on any atom is 0.424 e. The van der Waals surface area contributed by atoms with E-state index >= 15 is 0 Å². The van der Waals surface area contributed by atoms with Gasteiger partial charge in [0.15, 0.2) is 5.75 Å². The van der Waals surface area contributed by atoms with Crippen LogP contribution >= 0.6 is 7.52 Å². The van der Waals surface area contributed by atoms with Crippen LogP contribution in [0.25, 0.3) is 16.7 Å². The van der Waals surface area contributed by atoms with E-state index in [0.29, 0.717) is 23.1 Å². The monoisotopic (exact) mass is 603 g/mol. The van der Waals surface area contributed by atoms with Crippen molar-refractivity contribution >= 4 is 30.7 Å². The predicted molar refractivity (Wildman–Crippen MR) is 162 cm³/mol. The zero-order valence-electron chi connectivity index (χ0n) is 25.4. The van der Waals surface area contributed by atoms with Gasteiger partial charge in [0.1, 0.15) is 17.4 Å². The molecule has 0 aliphatic carbocycles. The number of aromatic hydroxyl groups is 1. The van der Waals surface area contributed by atoms with Crippen LogP contribution in [0.3, 0.4) is 0 Å². The van der Waals surface area contributed by atoms with Crippen molar-refractivity contribution in [3.8, 4) is 22.6 Å². The third kappa shape index (κ3) is 8.46. The van der Waals surface area contributed by atoms with Crippen LogP contribution in [0.1, 0.15) is 87.9 Å². The minimum absolute atomic E-state index is 0.0860. The number of carbonyl (C=O) groups excluding carboxylic acids is 2. The number of aromatic carboxylic acids is 1. The number of phenolic OH excluding ortho intramolecular Hbond substituents is 1. The maximum absolute atomic E-state index is 14.3. The standard InChI is InChI=1S/C31H42NO9P/c1-9-11-12-13-22-17-25(33)27(24-16-20(7)14-15-23(24)18(3)4)28(26(22)29(34)35)41-42(38,31(37)39-10-2)32-21(8)30(36)40-19(5)6/h14-17,19,21,33H,3,9-13H2,1-2,4-8H3,(H,32,38)(H,34,35). The fraction of sp³-hybridized carbons (Fsp3) is 0.452. The molecule has 42 heavy (non-hydrogen) atoms. The molecule has 0 aliphatic heterocycles. The van der Waals surface area contributed by atoms with Crippen molar-refractivity contribution in [2.45, 2.75) is 86.3 Å². The van der Waals surface area contributed by atoms with E-state index in [0.717, 1.165) is 18.4 Å². The normalized spacial score (nSPS) is 13.2. The Labute approximate surface area is 247 Å². The van der Waals surface area contributed by atoms with Gasteiger partial charge in [-0.25, -0.2) is 19.2 Å².